The first-order valence-corrected chi connectivity index (χ1v) is 6.34. The van der Waals surface area contributed by atoms with Gasteiger partial charge < -0.3 is 4.40 Å². The third kappa shape index (κ3) is 2.83. The molecule has 0 saturated heterocycles. The Balaban J connectivity index is 1.67. The Kier molecular flexibility index (Phi) is 3.42. The minimum Gasteiger partial charge on any atom is -0.304 e. The average molecular weight is 265 g/mol. The van der Waals surface area contributed by atoms with Crippen LogP contribution < -0.4 is 0 Å². The molecule has 0 aromatic carbocycles. The second kappa shape index (κ2) is 5.54. The molecule has 0 amide bonds. The topological polar surface area (TPSA) is 30.2 Å². The Labute approximate surface area is 116 Å². The van der Waals surface area contributed by atoms with Crippen molar-refractivity contribution in [2.24, 2.45) is 0 Å². The summed E-state index contributed by atoms with van der Waals surface area (Å²) in [6, 6.07) is 8.72. The van der Waals surface area contributed by atoms with Crippen molar-refractivity contribution in [2.45, 2.75) is 12.8 Å². The summed E-state index contributed by atoms with van der Waals surface area (Å²) < 4.78 is 14.8. The number of aryl methyl sites for hydroxylation is 1. The van der Waals surface area contributed by atoms with Crippen LogP contribution in [0.3, 0.4) is 0 Å². The molecule has 0 radical (unpaired) electrons. The molecule has 0 atom stereocenters. The van der Waals surface area contributed by atoms with Crippen LogP contribution in [0.1, 0.15) is 17.8 Å². The van der Waals surface area contributed by atoms with Gasteiger partial charge in [0.25, 0.3) is 0 Å². The number of fused-ring (bicyclic) bond motifs is 1. The lowest BCUT2D eigenvalue weighted by Crippen LogP contribution is -1.83. The fourth-order valence-corrected chi connectivity index (χ4v) is 1.92. The van der Waals surface area contributed by atoms with Gasteiger partial charge in [-0.3, -0.25) is 0 Å². The highest BCUT2D eigenvalue weighted by molar-refractivity contribution is 5.39. The first-order valence-electron chi connectivity index (χ1n) is 6.34. The summed E-state index contributed by atoms with van der Waals surface area (Å²) in [5, 5.41) is 0. The summed E-state index contributed by atoms with van der Waals surface area (Å²) in [7, 11) is 0. The molecule has 0 aliphatic heterocycles. The normalized spacial score (nSPS) is 10.2. The van der Waals surface area contributed by atoms with Gasteiger partial charge in [-0.1, -0.05) is 12.0 Å². The lowest BCUT2D eigenvalue weighted by Gasteiger charge is -1.90. The number of nitrogens with zero attached hydrogens (tertiary/aromatic N) is 3. The molecule has 0 N–H and O–H groups in total. The van der Waals surface area contributed by atoms with Crippen molar-refractivity contribution in [2.75, 3.05) is 0 Å². The van der Waals surface area contributed by atoms with E-state index in [1.165, 1.54) is 12.3 Å². The van der Waals surface area contributed by atoms with E-state index in [0.29, 0.717) is 6.42 Å². The highest BCUT2D eigenvalue weighted by Crippen LogP contribution is 2.08. The van der Waals surface area contributed by atoms with Crippen molar-refractivity contribution >= 4 is 5.65 Å². The lowest BCUT2D eigenvalue weighted by molar-refractivity contribution is 0.619. The van der Waals surface area contributed by atoms with Gasteiger partial charge in [-0.25, -0.2) is 14.4 Å². The first kappa shape index (κ1) is 12.4. The molecule has 0 saturated carbocycles. The summed E-state index contributed by atoms with van der Waals surface area (Å²) in [6.07, 6.45) is 6.42. The van der Waals surface area contributed by atoms with Crippen LogP contribution in [-0.2, 0) is 6.42 Å². The fourth-order valence-electron chi connectivity index (χ4n) is 1.92. The molecule has 3 nitrogen and oxygen atoms in total. The molecule has 4 heteroatoms. The van der Waals surface area contributed by atoms with E-state index in [2.05, 4.69) is 21.8 Å². The Morgan fingerprint density at radius 2 is 2.10 bits per heavy atom. The average Bonchev–Trinajstić information content (AvgIpc) is 2.86. The summed E-state index contributed by atoms with van der Waals surface area (Å²) >= 11 is 0. The molecule has 20 heavy (non-hydrogen) atoms. The van der Waals surface area contributed by atoms with E-state index in [9.17, 15) is 4.39 Å². The highest BCUT2D eigenvalue weighted by Gasteiger charge is 2.01. The zero-order valence-corrected chi connectivity index (χ0v) is 10.8. The lowest BCUT2D eigenvalue weighted by atomic mass is 10.2. The Bertz CT molecular complexity index is 782. The van der Waals surface area contributed by atoms with Crippen LogP contribution in [0.15, 0.2) is 48.9 Å². The molecular formula is C16H12FN3. The van der Waals surface area contributed by atoms with E-state index in [0.717, 1.165) is 23.5 Å². The van der Waals surface area contributed by atoms with Crippen molar-refractivity contribution in [3.8, 4) is 11.8 Å². The molecule has 0 spiro atoms. The van der Waals surface area contributed by atoms with Crippen LogP contribution in [0.4, 0.5) is 4.39 Å². The number of hydrogen-bond acceptors (Lipinski definition) is 2. The van der Waals surface area contributed by atoms with Crippen LogP contribution in [-0.4, -0.2) is 14.4 Å². The number of pyridine rings is 2. The van der Waals surface area contributed by atoms with Crippen LogP contribution in [0.5, 0.6) is 0 Å². The smallest absolute Gasteiger partial charge is 0.139 e. The predicted octanol–water partition coefficient (Wildman–Crippen LogP) is 2.85. The summed E-state index contributed by atoms with van der Waals surface area (Å²) in [4.78, 5) is 8.54. The van der Waals surface area contributed by atoms with Crippen LogP contribution >= 0.6 is 0 Å². The number of aromatic nitrogens is 3. The van der Waals surface area contributed by atoms with E-state index < -0.39 is 0 Å². The van der Waals surface area contributed by atoms with Gasteiger partial charge in [0.2, 0.25) is 0 Å². The van der Waals surface area contributed by atoms with E-state index >= 15 is 0 Å². The van der Waals surface area contributed by atoms with E-state index in [4.69, 9.17) is 0 Å². The zero-order valence-electron chi connectivity index (χ0n) is 10.8. The molecule has 98 valence electrons. The zero-order chi connectivity index (χ0) is 13.8. The van der Waals surface area contributed by atoms with Gasteiger partial charge in [0.15, 0.2) is 0 Å². The SMILES string of the molecule is Fc1ccc2nc(CCC#Cc3ccccn3)cn2c1. The molecule has 3 aromatic heterocycles. The van der Waals surface area contributed by atoms with Gasteiger partial charge in [0.05, 0.1) is 5.69 Å². The molecule has 0 aliphatic carbocycles. The van der Waals surface area contributed by atoms with Gasteiger partial charge in [0.1, 0.15) is 17.2 Å². The standard InChI is InChI=1S/C16H12FN3/c17-13-8-9-16-19-15(12-20(16)11-13)7-2-1-5-14-6-3-4-10-18-14/h3-4,6,8-12H,2,7H2. The maximum absolute atomic E-state index is 13.1. The minimum absolute atomic E-state index is 0.267. The first-order chi connectivity index (χ1) is 9.81. The number of rotatable bonds is 2. The van der Waals surface area contributed by atoms with Gasteiger partial charge in [0, 0.05) is 31.4 Å². The third-order valence-corrected chi connectivity index (χ3v) is 2.85. The molecule has 3 heterocycles. The second-order valence-corrected chi connectivity index (χ2v) is 4.36. The van der Waals surface area contributed by atoms with Crippen LogP contribution in [0, 0.1) is 17.7 Å². The highest BCUT2D eigenvalue weighted by atomic mass is 19.1. The largest absolute Gasteiger partial charge is 0.304 e. The Hall–Kier alpha value is -2.67. The van der Waals surface area contributed by atoms with E-state index in [1.54, 1.807) is 16.7 Å². The maximum Gasteiger partial charge on any atom is 0.139 e. The minimum atomic E-state index is -0.267. The van der Waals surface area contributed by atoms with Crippen molar-refractivity contribution in [1.29, 1.82) is 0 Å². The van der Waals surface area contributed by atoms with E-state index in [1.807, 2.05) is 24.4 Å². The second-order valence-electron chi connectivity index (χ2n) is 4.36. The monoisotopic (exact) mass is 265 g/mol. The molecule has 0 unspecified atom stereocenters. The summed E-state index contributed by atoms with van der Waals surface area (Å²) in [5.74, 6) is 5.80. The predicted molar refractivity (Wildman–Crippen MR) is 74.6 cm³/mol. The van der Waals surface area contributed by atoms with Crippen molar-refractivity contribution in [1.82, 2.24) is 14.4 Å². The number of hydrogen-bond donors (Lipinski definition) is 0. The molecule has 3 aromatic rings. The maximum atomic E-state index is 13.1. The number of halogens is 1. The van der Waals surface area contributed by atoms with Gasteiger partial charge in [-0.05, 0) is 30.2 Å². The number of imidazole rings is 1. The van der Waals surface area contributed by atoms with Crippen molar-refractivity contribution < 1.29 is 4.39 Å². The quantitative estimate of drug-likeness (QED) is 0.667. The third-order valence-electron chi connectivity index (χ3n) is 2.85. The molecule has 3 rings (SSSR count). The van der Waals surface area contributed by atoms with Gasteiger partial charge in [-0.2, -0.15) is 0 Å². The molecular weight excluding hydrogens is 253 g/mol. The Morgan fingerprint density at radius 3 is 2.95 bits per heavy atom. The van der Waals surface area contributed by atoms with Crippen molar-refractivity contribution in [3.63, 3.8) is 0 Å². The fraction of sp³-hybridized carbons (Fsp3) is 0.125. The van der Waals surface area contributed by atoms with Gasteiger partial charge >= 0.3 is 0 Å². The van der Waals surface area contributed by atoms with E-state index in [-0.39, 0.29) is 5.82 Å². The Morgan fingerprint density at radius 1 is 1.15 bits per heavy atom. The van der Waals surface area contributed by atoms with Gasteiger partial charge in [-0.15, -0.1) is 0 Å². The van der Waals surface area contributed by atoms with Crippen LogP contribution in [0.2, 0.25) is 0 Å². The summed E-state index contributed by atoms with van der Waals surface area (Å²) in [6.45, 7) is 0. The molecule has 0 bridgehead atoms. The molecule has 0 aliphatic rings. The van der Waals surface area contributed by atoms with Crippen molar-refractivity contribution in [3.05, 3.63) is 66.1 Å². The summed E-state index contributed by atoms with van der Waals surface area (Å²) in [5.41, 5.74) is 2.43. The molecule has 0 fully saturated rings. The van der Waals surface area contributed by atoms with Crippen LogP contribution in [0.25, 0.3) is 5.65 Å².